The van der Waals surface area contributed by atoms with E-state index in [1.165, 1.54) is 32.8 Å². The fourth-order valence-electron chi connectivity index (χ4n) is 9.34. The summed E-state index contributed by atoms with van der Waals surface area (Å²) in [5, 5.41) is 6.78. The molecule has 0 radical (unpaired) electrons. The van der Waals surface area contributed by atoms with E-state index in [1.54, 1.807) is 6.92 Å². The molecule has 12 aromatic rings. The number of nitrogens with zero attached hydrogens (tertiary/aromatic N) is 3. The SMILES string of the molecule is [2H]c1c([2H])c(C)c([2H])c(-n2c3ccccc3c3cc(-c4ccc5c(c4)c4cc(-c6ccc7c(c6)c6cc(C)ccc6n7-c6ccccc6)ccc4n5-c4ccccc4)ccc32)c1[2H]. The molecular weight excluding hydrogens is 715 g/mol. The molecule has 9 aromatic carbocycles. The molecule has 278 valence electrons. The van der Waals surface area contributed by atoms with Gasteiger partial charge in [0.2, 0.25) is 0 Å². The molecule has 0 amide bonds. The Labute approximate surface area is 347 Å². The highest BCUT2D eigenvalue weighted by molar-refractivity contribution is 6.14. The molecule has 0 aliphatic rings. The Morgan fingerprint density at radius 3 is 1.22 bits per heavy atom. The van der Waals surface area contributed by atoms with Crippen LogP contribution in [0.2, 0.25) is 0 Å². The van der Waals surface area contributed by atoms with Crippen molar-refractivity contribution in [2.24, 2.45) is 0 Å². The van der Waals surface area contributed by atoms with Crippen LogP contribution in [0.4, 0.5) is 0 Å². The van der Waals surface area contributed by atoms with Crippen LogP contribution in [-0.4, -0.2) is 13.7 Å². The second-order valence-corrected chi connectivity index (χ2v) is 15.6. The molecule has 3 aromatic heterocycles. The Bertz CT molecular complexity index is 3830. The fourth-order valence-corrected chi connectivity index (χ4v) is 9.34. The minimum atomic E-state index is -0.168. The van der Waals surface area contributed by atoms with Crippen LogP contribution in [0.25, 0.3) is 105 Å². The number of hydrogen-bond donors (Lipinski definition) is 0. The van der Waals surface area contributed by atoms with Crippen molar-refractivity contribution < 1.29 is 5.48 Å². The lowest BCUT2D eigenvalue weighted by molar-refractivity contribution is 1.17. The Morgan fingerprint density at radius 2 is 0.712 bits per heavy atom. The predicted octanol–water partition coefficient (Wildman–Crippen LogP) is 14.9. The van der Waals surface area contributed by atoms with Crippen LogP contribution < -0.4 is 0 Å². The first-order valence-electron chi connectivity index (χ1n) is 22.1. The maximum atomic E-state index is 9.02. The number of fused-ring (bicyclic) bond motifs is 9. The van der Waals surface area contributed by atoms with E-state index in [0.717, 1.165) is 71.9 Å². The van der Waals surface area contributed by atoms with E-state index in [9.17, 15) is 0 Å². The lowest BCUT2D eigenvalue weighted by Gasteiger charge is -2.10. The van der Waals surface area contributed by atoms with E-state index >= 15 is 0 Å². The third-order valence-electron chi connectivity index (χ3n) is 12.0. The second-order valence-electron chi connectivity index (χ2n) is 15.6. The van der Waals surface area contributed by atoms with Crippen LogP contribution in [-0.2, 0) is 0 Å². The summed E-state index contributed by atoms with van der Waals surface area (Å²) in [6, 6.07) is 62.6. The van der Waals surface area contributed by atoms with Gasteiger partial charge in [-0.15, -0.1) is 0 Å². The van der Waals surface area contributed by atoms with Crippen LogP contribution in [0.3, 0.4) is 0 Å². The quantitative estimate of drug-likeness (QED) is 0.166. The first-order valence-corrected chi connectivity index (χ1v) is 20.1. The molecule has 0 saturated carbocycles. The van der Waals surface area contributed by atoms with Crippen LogP contribution >= 0.6 is 0 Å². The smallest absolute Gasteiger partial charge is 0.0648 e. The van der Waals surface area contributed by atoms with Gasteiger partial charge in [0.05, 0.1) is 38.6 Å². The van der Waals surface area contributed by atoms with Crippen molar-refractivity contribution in [2.45, 2.75) is 13.8 Å². The summed E-state index contributed by atoms with van der Waals surface area (Å²) in [7, 11) is 0. The summed E-state index contributed by atoms with van der Waals surface area (Å²) in [6.07, 6.45) is 0. The molecule has 3 heterocycles. The summed E-state index contributed by atoms with van der Waals surface area (Å²) in [5.41, 5.74) is 15.0. The molecule has 0 aliphatic heterocycles. The maximum Gasteiger partial charge on any atom is 0.0648 e. The standard InChI is InChI=1S/C56H39N3/c1-36-12-11-17-44(30-36)59-51-19-10-9-18-45(51)47-32-38(21-26-53(47)59)40-23-28-55-49(34-40)50-35-41(24-29-56(50)58(55)43-15-7-4-8-16-43)39-22-27-54-48(33-39)46-31-37(2)20-25-52(46)57(54)42-13-5-3-6-14-42/h3-35H,1-2H3/i11D,12D,17D,30D. The van der Waals surface area contributed by atoms with Gasteiger partial charge in [-0.1, -0.05) is 103 Å². The lowest BCUT2D eigenvalue weighted by atomic mass is 9.98. The van der Waals surface area contributed by atoms with Crippen LogP contribution in [0.1, 0.15) is 16.6 Å². The van der Waals surface area contributed by atoms with E-state index in [-0.39, 0.29) is 24.2 Å². The van der Waals surface area contributed by atoms with Gasteiger partial charge in [-0.2, -0.15) is 0 Å². The summed E-state index contributed by atoms with van der Waals surface area (Å²) >= 11 is 0. The number of hydrogen-bond acceptors (Lipinski definition) is 0. The van der Waals surface area contributed by atoms with Gasteiger partial charge >= 0.3 is 0 Å². The van der Waals surface area contributed by atoms with E-state index in [1.807, 2.05) is 22.8 Å². The average Bonchev–Trinajstić information content (AvgIpc) is 3.95. The van der Waals surface area contributed by atoms with Crippen molar-refractivity contribution in [3.8, 4) is 39.3 Å². The molecule has 0 atom stereocenters. The first kappa shape index (κ1) is 29.6. The van der Waals surface area contributed by atoms with Gasteiger partial charge in [-0.25, -0.2) is 0 Å². The highest BCUT2D eigenvalue weighted by atomic mass is 15.0. The number of aryl methyl sites for hydroxylation is 1. The largest absolute Gasteiger partial charge is 0.309 e. The van der Waals surface area contributed by atoms with Crippen molar-refractivity contribution in [1.29, 1.82) is 0 Å². The summed E-state index contributed by atoms with van der Waals surface area (Å²) < 4.78 is 41.5. The topological polar surface area (TPSA) is 14.8 Å². The van der Waals surface area contributed by atoms with Gasteiger partial charge in [0, 0.05) is 49.4 Å². The van der Waals surface area contributed by atoms with E-state index in [4.69, 9.17) is 5.48 Å². The molecule has 59 heavy (non-hydrogen) atoms. The molecule has 0 unspecified atom stereocenters. The third-order valence-corrected chi connectivity index (χ3v) is 12.0. The minimum absolute atomic E-state index is 0.0729. The van der Waals surface area contributed by atoms with Gasteiger partial charge < -0.3 is 13.7 Å². The molecule has 3 heteroatoms. The Morgan fingerprint density at radius 1 is 0.322 bits per heavy atom. The molecule has 3 nitrogen and oxygen atoms in total. The third kappa shape index (κ3) is 5.21. The molecular formula is C56H39N3. The minimum Gasteiger partial charge on any atom is -0.309 e. The lowest BCUT2D eigenvalue weighted by Crippen LogP contribution is -1.94. The van der Waals surface area contributed by atoms with Gasteiger partial charge in [0.15, 0.2) is 0 Å². The van der Waals surface area contributed by atoms with Gasteiger partial charge in [-0.05, 0) is 145 Å². The Kier molecular flexibility index (Phi) is 6.50. The molecule has 0 bridgehead atoms. The van der Waals surface area contributed by atoms with E-state index < -0.39 is 0 Å². The number of para-hydroxylation sites is 3. The Balaban J connectivity index is 1.05. The predicted molar refractivity (Wildman–Crippen MR) is 250 cm³/mol. The second kappa shape index (κ2) is 13.0. The zero-order chi connectivity index (χ0) is 42.7. The zero-order valence-electron chi connectivity index (χ0n) is 36.6. The number of rotatable bonds is 5. The summed E-state index contributed by atoms with van der Waals surface area (Å²) in [4.78, 5) is 0. The number of benzene rings is 9. The van der Waals surface area contributed by atoms with Crippen LogP contribution in [0.15, 0.2) is 200 Å². The number of aromatic nitrogens is 3. The molecule has 0 aliphatic carbocycles. The van der Waals surface area contributed by atoms with Gasteiger partial charge in [0.1, 0.15) is 0 Å². The normalized spacial score (nSPS) is 12.8. The van der Waals surface area contributed by atoms with Crippen molar-refractivity contribution in [1.82, 2.24) is 13.7 Å². The molecule has 0 saturated heterocycles. The molecule has 0 fully saturated rings. The molecule has 12 rings (SSSR count). The van der Waals surface area contributed by atoms with E-state index in [0.29, 0.717) is 11.3 Å². The zero-order valence-corrected chi connectivity index (χ0v) is 32.6. The van der Waals surface area contributed by atoms with E-state index in [2.05, 4.69) is 174 Å². The molecule has 0 spiro atoms. The van der Waals surface area contributed by atoms with Crippen molar-refractivity contribution in [3.05, 3.63) is 211 Å². The fraction of sp³-hybridized carbons (Fsp3) is 0.0357. The monoisotopic (exact) mass is 757 g/mol. The summed E-state index contributed by atoms with van der Waals surface area (Å²) in [5.74, 6) is 0. The van der Waals surface area contributed by atoms with Crippen LogP contribution in [0, 0.1) is 13.8 Å². The molecule has 0 N–H and O–H groups in total. The maximum absolute atomic E-state index is 9.02. The summed E-state index contributed by atoms with van der Waals surface area (Å²) in [6.45, 7) is 3.85. The average molecular weight is 758 g/mol. The van der Waals surface area contributed by atoms with Gasteiger partial charge in [-0.3, -0.25) is 0 Å². The van der Waals surface area contributed by atoms with Crippen LogP contribution in [0.5, 0.6) is 0 Å². The van der Waals surface area contributed by atoms with Crippen molar-refractivity contribution in [3.63, 3.8) is 0 Å². The Hall–Kier alpha value is -7.62. The van der Waals surface area contributed by atoms with Crippen molar-refractivity contribution >= 4 is 65.4 Å². The van der Waals surface area contributed by atoms with Gasteiger partial charge in [0.25, 0.3) is 0 Å². The highest BCUT2D eigenvalue weighted by Crippen LogP contribution is 2.41. The van der Waals surface area contributed by atoms with Crippen molar-refractivity contribution in [2.75, 3.05) is 0 Å². The first-order chi connectivity index (χ1) is 30.7. The highest BCUT2D eigenvalue weighted by Gasteiger charge is 2.18.